The molecule has 1 saturated carbocycles. The number of nitrogens with zero attached hydrogens (tertiary/aromatic N) is 1. The molecule has 3 nitrogen and oxygen atoms in total. The Morgan fingerprint density at radius 2 is 2.05 bits per heavy atom. The summed E-state index contributed by atoms with van der Waals surface area (Å²) in [5.74, 6) is 0. The van der Waals surface area contributed by atoms with Gasteiger partial charge in [0.15, 0.2) is 0 Å². The lowest BCUT2D eigenvalue weighted by Gasteiger charge is -2.29. The molecule has 20 heavy (non-hydrogen) atoms. The Labute approximate surface area is 127 Å². The van der Waals surface area contributed by atoms with E-state index in [2.05, 4.69) is 29.5 Å². The summed E-state index contributed by atoms with van der Waals surface area (Å²) in [6.45, 7) is 6.26. The summed E-state index contributed by atoms with van der Waals surface area (Å²) in [6.07, 6.45) is 8.81. The van der Waals surface area contributed by atoms with E-state index in [-0.39, 0.29) is 0 Å². The first-order valence-corrected chi connectivity index (χ1v) is 8.98. The second-order valence-corrected chi connectivity index (χ2v) is 6.66. The Morgan fingerprint density at radius 1 is 1.25 bits per heavy atom. The highest BCUT2D eigenvalue weighted by Crippen LogP contribution is 2.22. The lowest BCUT2D eigenvalue weighted by atomic mass is 9.93. The zero-order chi connectivity index (χ0) is 14.2. The summed E-state index contributed by atoms with van der Waals surface area (Å²) in [7, 11) is 0. The van der Waals surface area contributed by atoms with Gasteiger partial charge in [0.1, 0.15) is 0 Å². The van der Waals surface area contributed by atoms with Crippen LogP contribution < -0.4 is 5.32 Å². The molecule has 1 heterocycles. The highest BCUT2D eigenvalue weighted by Gasteiger charge is 2.21. The van der Waals surface area contributed by atoms with Gasteiger partial charge in [-0.05, 0) is 51.5 Å². The lowest BCUT2D eigenvalue weighted by Crippen LogP contribution is -2.35. The fourth-order valence-electron chi connectivity index (χ4n) is 2.73. The summed E-state index contributed by atoms with van der Waals surface area (Å²) in [4.78, 5) is 4.62. The molecule has 2 rings (SSSR count). The van der Waals surface area contributed by atoms with Crippen molar-refractivity contribution < 1.29 is 4.74 Å². The van der Waals surface area contributed by atoms with Crippen LogP contribution in [0.25, 0.3) is 0 Å². The van der Waals surface area contributed by atoms with E-state index in [1.165, 1.54) is 43.5 Å². The van der Waals surface area contributed by atoms with Gasteiger partial charge >= 0.3 is 0 Å². The second kappa shape index (κ2) is 8.75. The number of hydrogen-bond acceptors (Lipinski definition) is 4. The van der Waals surface area contributed by atoms with Gasteiger partial charge in [-0.2, -0.15) is 0 Å². The molecule has 0 bridgehead atoms. The van der Waals surface area contributed by atoms with Crippen LogP contribution in [0.4, 0.5) is 0 Å². The number of aromatic nitrogens is 1. The second-order valence-electron chi connectivity index (χ2n) is 5.72. The third kappa shape index (κ3) is 5.15. The van der Waals surface area contributed by atoms with Gasteiger partial charge in [-0.3, -0.25) is 0 Å². The zero-order valence-electron chi connectivity index (χ0n) is 12.9. The molecule has 114 valence electrons. The van der Waals surface area contributed by atoms with Crippen molar-refractivity contribution >= 4 is 11.3 Å². The largest absolute Gasteiger partial charge is 0.372 e. The Bertz CT molecular complexity index is 372. The van der Waals surface area contributed by atoms with E-state index in [1.807, 2.05) is 0 Å². The molecule has 0 amide bonds. The summed E-state index contributed by atoms with van der Waals surface area (Å²) >= 11 is 1.77. The first kappa shape index (κ1) is 15.9. The number of nitrogens with one attached hydrogen (secondary N) is 1. The van der Waals surface area contributed by atoms with Crippen molar-refractivity contribution in [3.63, 3.8) is 0 Å². The fourth-order valence-corrected chi connectivity index (χ4v) is 3.61. The van der Waals surface area contributed by atoms with Crippen LogP contribution in [0, 0.1) is 0 Å². The third-order valence-corrected chi connectivity index (χ3v) is 4.84. The van der Waals surface area contributed by atoms with Crippen molar-refractivity contribution in [2.24, 2.45) is 0 Å². The predicted octanol–water partition coefficient (Wildman–Crippen LogP) is 3.92. The van der Waals surface area contributed by atoms with Crippen LogP contribution in [0.5, 0.6) is 0 Å². The van der Waals surface area contributed by atoms with Gasteiger partial charge in [0, 0.05) is 11.4 Å². The highest BCUT2D eigenvalue weighted by atomic mass is 32.1. The molecule has 1 aromatic heterocycles. The quantitative estimate of drug-likeness (QED) is 0.789. The zero-order valence-corrected chi connectivity index (χ0v) is 13.7. The van der Waals surface area contributed by atoms with Crippen LogP contribution in [0.15, 0.2) is 5.38 Å². The smallest absolute Gasteiger partial charge is 0.0929 e. The molecule has 0 radical (unpaired) electrons. The summed E-state index contributed by atoms with van der Waals surface area (Å²) < 4.78 is 6.03. The molecule has 1 fully saturated rings. The molecular weight excluding hydrogens is 268 g/mol. The number of rotatable bonds is 8. The number of thiazole rings is 1. The molecule has 0 spiro atoms. The first-order chi connectivity index (χ1) is 9.81. The van der Waals surface area contributed by atoms with Crippen LogP contribution >= 0.6 is 11.3 Å². The van der Waals surface area contributed by atoms with Gasteiger partial charge in [-0.15, -0.1) is 11.3 Å². The Balaban J connectivity index is 1.65. The maximum Gasteiger partial charge on any atom is 0.0929 e. The summed E-state index contributed by atoms with van der Waals surface area (Å²) in [6, 6.07) is 0.713. The highest BCUT2D eigenvalue weighted by molar-refractivity contribution is 7.09. The molecule has 4 heteroatoms. The molecule has 0 unspecified atom stereocenters. The fraction of sp³-hybridized carbons (Fsp3) is 0.812. The minimum absolute atomic E-state index is 0.436. The normalized spacial score (nSPS) is 23.1. The molecule has 1 N–H and O–H groups in total. The van der Waals surface area contributed by atoms with Crippen molar-refractivity contribution in [2.75, 3.05) is 6.54 Å². The van der Waals surface area contributed by atoms with E-state index in [4.69, 9.17) is 4.74 Å². The van der Waals surface area contributed by atoms with E-state index < -0.39 is 0 Å². The van der Waals surface area contributed by atoms with E-state index >= 15 is 0 Å². The average molecular weight is 296 g/mol. The van der Waals surface area contributed by atoms with Gasteiger partial charge < -0.3 is 10.1 Å². The molecule has 1 aliphatic carbocycles. The summed E-state index contributed by atoms with van der Waals surface area (Å²) in [5.41, 5.74) is 1.12. The van der Waals surface area contributed by atoms with Gasteiger partial charge in [0.25, 0.3) is 0 Å². The Kier molecular flexibility index (Phi) is 6.97. The molecular formula is C16H28N2OS. The number of ether oxygens (including phenoxy) is 1. The van der Waals surface area contributed by atoms with Crippen LogP contribution in [0.2, 0.25) is 0 Å². The number of aryl methyl sites for hydroxylation is 1. The standard InChI is InChI=1S/C16H28N2OS/c1-3-5-16-18-14(12-20-16)11-19-15-8-6-13(7-9-15)17-10-4-2/h12-13,15,17H,3-11H2,1-2H3. The van der Waals surface area contributed by atoms with E-state index in [0.717, 1.165) is 18.7 Å². The monoisotopic (exact) mass is 296 g/mol. The molecule has 1 aliphatic rings. The van der Waals surface area contributed by atoms with Gasteiger partial charge in [0.2, 0.25) is 0 Å². The first-order valence-electron chi connectivity index (χ1n) is 8.10. The van der Waals surface area contributed by atoms with Crippen LogP contribution in [-0.4, -0.2) is 23.7 Å². The van der Waals surface area contributed by atoms with Crippen molar-refractivity contribution in [3.05, 3.63) is 16.1 Å². The SMILES string of the molecule is CCCNC1CCC(OCc2csc(CCC)n2)CC1. The van der Waals surface area contributed by atoms with Gasteiger partial charge in [-0.1, -0.05) is 13.8 Å². The maximum atomic E-state index is 6.03. The van der Waals surface area contributed by atoms with E-state index in [1.54, 1.807) is 11.3 Å². The molecule has 0 atom stereocenters. The van der Waals surface area contributed by atoms with Crippen molar-refractivity contribution in [2.45, 2.75) is 77.5 Å². The van der Waals surface area contributed by atoms with Crippen molar-refractivity contribution in [1.29, 1.82) is 0 Å². The topological polar surface area (TPSA) is 34.1 Å². The molecule has 1 aromatic rings. The van der Waals surface area contributed by atoms with Crippen LogP contribution in [-0.2, 0) is 17.8 Å². The third-order valence-electron chi connectivity index (χ3n) is 3.89. The Hall–Kier alpha value is -0.450. The van der Waals surface area contributed by atoms with Crippen molar-refractivity contribution in [3.8, 4) is 0 Å². The lowest BCUT2D eigenvalue weighted by molar-refractivity contribution is 0.0100. The number of hydrogen-bond donors (Lipinski definition) is 1. The Morgan fingerprint density at radius 3 is 2.75 bits per heavy atom. The molecule has 0 aromatic carbocycles. The minimum atomic E-state index is 0.436. The molecule has 0 saturated heterocycles. The summed E-state index contributed by atoms with van der Waals surface area (Å²) in [5, 5.41) is 7.02. The maximum absolute atomic E-state index is 6.03. The van der Waals surface area contributed by atoms with Crippen LogP contribution in [0.1, 0.15) is 63.1 Å². The van der Waals surface area contributed by atoms with E-state index in [0.29, 0.717) is 18.8 Å². The average Bonchev–Trinajstić information content (AvgIpc) is 2.92. The molecule has 0 aliphatic heterocycles. The van der Waals surface area contributed by atoms with Crippen molar-refractivity contribution in [1.82, 2.24) is 10.3 Å². The van der Waals surface area contributed by atoms with E-state index in [9.17, 15) is 0 Å². The van der Waals surface area contributed by atoms with Gasteiger partial charge in [0.05, 0.1) is 23.4 Å². The minimum Gasteiger partial charge on any atom is -0.372 e. The predicted molar refractivity (Wildman–Crippen MR) is 85.2 cm³/mol. The van der Waals surface area contributed by atoms with Crippen LogP contribution in [0.3, 0.4) is 0 Å². The van der Waals surface area contributed by atoms with Gasteiger partial charge in [-0.25, -0.2) is 4.98 Å².